The van der Waals surface area contributed by atoms with E-state index in [1.165, 1.54) is 6.07 Å². The number of benzene rings is 1. The van der Waals surface area contributed by atoms with Gasteiger partial charge in [0.05, 0.1) is 23.7 Å². The number of carbonyl (C=O) groups excluding carboxylic acids is 1. The molecule has 0 aliphatic carbocycles. The van der Waals surface area contributed by atoms with Gasteiger partial charge < -0.3 is 14.5 Å². The Hall–Kier alpha value is -1.76. The van der Waals surface area contributed by atoms with Crippen molar-refractivity contribution in [3.05, 3.63) is 29.3 Å². The summed E-state index contributed by atoms with van der Waals surface area (Å²) < 4.78 is 45.4. The van der Waals surface area contributed by atoms with Gasteiger partial charge >= 0.3 is 6.18 Å². The molecule has 0 aromatic heterocycles. The Morgan fingerprint density at radius 3 is 2.54 bits per heavy atom. The standard InChI is InChI=1S/C21H27F3N2O2/c1-13-11-25(12-14(2)28-13)20(27)17-10-15-9-16(21(22,23)24)6-7-18(15)26-8-4-3-5-19(17)26/h6-7,9,13-14,17,19H,3-5,8,10-12H2,1-2H3. The molecule has 4 atom stereocenters. The Labute approximate surface area is 163 Å². The number of rotatable bonds is 1. The molecule has 2 fully saturated rings. The molecule has 4 unspecified atom stereocenters. The van der Waals surface area contributed by atoms with Gasteiger partial charge in [0.25, 0.3) is 0 Å². The van der Waals surface area contributed by atoms with Crippen molar-refractivity contribution in [2.24, 2.45) is 5.92 Å². The molecule has 0 bridgehead atoms. The van der Waals surface area contributed by atoms with Gasteiger partial charge in [-0.3, -0.25) is 4.79 Å². The van der Waals surface area contributed by atoms with E-state index >= 15 is 0 Å². The molecule has 4 rings (SSSR count). The van der Waals surface area contributed by atoms with Gasteiger partial charge in [0, 0.05) is 31.4 Å². The molecule has 0 radical (unpaired) electrons. The first kappa shape index (κ1) is 19.6. The number of carbonyl (C=O) groups is 1. The van der Waals surface area contributed by atoms with E-state index in [1.807, 2.05) is 18.7 Å². The van der Waals surface area contributed by atoms with Gasteiger partial charge in [-0.2, -0.15) is 13.2 Å². The van der Waals surface area contributed by atoms with Gasteiger partial charge in [0.2, 0.25) is 5.91 Å². The lowest BCUT2D eigenvalue weighted by Gasteiger charge is -2.48. The maximum atomic E-state index is 13.4. The molecular weight excluding hydrogens is 369 g/mol. The molecule has 154 valence electrons. The third-order valence-electron chi connectivity index (χ3n) is 6.22. The number of piperidine rings is 1. The molecule has 0 N–H and O–H groups in total. The minimum Gasteiger partial charge on any atom is -0.372 e. The smallest absolute Gasteiger partial charge is 0.372 e. The van der Waals surface area contributed by atoms with Crippen LogP contribution < -0.4 is 4.90 Å². The van der Waals surface area contributed by atoms with Crippen molar-refractivity contribution in [3.8, 4) is 0 Å². The predicted molar refractivity (Wildman–Crippen MR) is 100 cm³/mol. The summed E-state index contributed by atoms with van der Waals surface area (Å²) in [5, 5.41) is 0. The summed E-state index contributed by atoms with van der Waals surface area (Å²) in [4.78, 5) is 17.4. The number of hydrogen-bond acceptors (Lipinski definition) is 3. The van der Waals surface area contributed by atoms with Gasteiger partial charge in [0.15, 0.2) is 0 Å². The number of fused-ring (bicyclic) bond motifs is 3. The van der Waals surface area contributed by atoms with Gasteiger partial charge in [-0.15, -0.1) is 0 Å². The van der Waals surface area contributed by atoms with Crippen LogP contribution in [0.5, 0.6) is 0 Å². The summed E-state index contributed by atoms with van der Waals surface area (Å²) in [5.41, 5.74) is 0.868. The molecule has 7 heteroatoms. The topological polar surface area (TPSA) is 32.8 Å². The molecule has 3 aliphatic rings. The minimum atomic E-state index is -4.37. The number of halogens is 3. The van der Waals surface area contributed by atoms with Crippen LogP contribution in [0.3, 0.4) is 0 Å². The number of hydrogen-bond donors (Lipinski definition) is 0. The first-order valence-electron chi connectivity index (χ1n) is 10.1. The van der Waals surface area contributed by atoms with E-state index in [2.05, 4.69) is 4.90 Å². The quantitative estimate of drug-likeness (QED) is 0.723. The van der Waals surface area contributed by atoms with E-state index in [1.54, 1.807) is 6.07 Å². The summed E-state index contributed by atoms with van der Waals surface area (Å²) in [6.07, 6.45) is -1.08. The van der Waals surface area contributed by atoms with Crippen molar-refractivity contribution >= 4 is 11.6 Å². The summed E-state index contributed by atoms with van der Waals surface area (Å²) >= 11 is 0. The number of alkyl halides is 3. The number of nitrogens with zero attached hydrogens (tertiary/aromatic N) is 2. The highest BCUT2D eigenvalue weighted by atomic mass is 19.4. The maximum Gasteiger partial charge on any atom is 0.416 e. The highest BCUT2D eigenvalue weighted by Crippen LogP contribution is 2.42. The second-order valence-corrected chi connectivity index (χ2v) is 8.41. The molecule has 3 aliphatic heterocycles. The maximum absolute atomic E-state index is 13.4. The molecule has 28 heavy (non-hydrogen) atoms. The van der Waals surface area contributed by atoms with Crippen molar-refractivity contribution in [1.29, 1.82) is 0 Å². The monoisotopic (exact) mass is 396 g/mol. The fourth-order valence-corrected chi connectivity index (χ4v) is 5.10. The van der Waals surface area contributed by atoms with Crippen molar-refractivity contribution in [2.45, 2.75) is 64.0 Å². The predicted octanol–water partition coefficient (Wildman–Crippen LogP) is 3.87. The molecule has 3 heterocycles. The molecule has 4 nitrogen and oxygen atoms in total. The molecule has 1 amide bonds. The highest BCUT2D eigenvalue weighted by molar-refractivity contribution is 5.82. The highest BCUT2D eigenvalue weighted by Gasteiger charge is 2.43. The Morgan fingerprint density at radius 1 is 1.14 bits per heavy atom. The van der Waals surface area contributed by atoms with Gasteiger partial charge in [0.1, 0.15) is 0 Å². The second kappa shape index (κ2) is 7.25. The molecule has 1 aromatic rings. The zero-order chi connectivity index (χ0) is 20.1. The normalized spacial score (nSPS) is 30.6. The van der Waals surface area contributed by atoms with Crippen LogP contribution in [0.25, 0.3) is 0 Å². The van der Waals surface area contributed by atoms with E-state index in [0.717, 1.165) is 37.6 Å². The number of anilines is 1. The van der Waals surface area contributed by atoms with Crippen LogP contribution in [0.1, 0.15) is 44.2 Å². The van der Waals surface area contributed by atoms with Crippen LogP contribution in [0.15, 0.2) is 18.2 Å². The number of ether oxygens (including phenoxy) is 1. The summed E-state index contributed by atoms with van der Waals surface area (Å²) in [6.45, 7) is 5.79. The third-order valence-corrected chi connectivity index (χ3v) is 6.22. The Kier molecular flexibility index (Phi) is 5.06. The van der Waals surface area contributed by atoms with E-state index < -0.39 is 11.7 Å². The molecule has 2 saturated heterocycles. The SMILES string of the molecule is CC1CN(C(=O)C2Cc3cc(C(F)(F)F)ccc3N3CCCCC23)CC(C)O1. The van der Waals surface area contributed by atoms with Crippen LogP contribution in [0.4, 0.5) is 18.9 Å². The lowest BCUT2D eigenvalue weighted by atomic mass is 9.79. The van der Waals surface area contributed by atoms with Crippen LogP contribution >= 0.6 is 0 Å². The number of amides is 1. The van der Waals surface area contributed by atoms with Crippen LogP contribution in [0, 0.1) is 5.92 Å². The van der Waals surface area contributed by atoms with Crippen molar-refractivity contribution < 1.29 is 22.7 Å². The molecule has 1 aromatic carbocycles. The molecular formula is C21H27F3N2O2. The van der Waals surface area contributed by atoms with Crippen molar-refractivity contribution in [2.75, 3.05) is 24.5 Å². The zero-order valence-corrected chi connectivity index (χ0v) is 16.3. The lowest BCUT2D eigenvalue weighted by Crippen LogP contribution is -2.57. The average Bonchev–Trinajstić information content (AvgIpc) is 2.65. The van der Waals surface area contributed by atoms with E-state index in [4.69, 9.17) is 4.74 Å². The largest absolute Gasteiger partial charge is 0.416 e. The Bertz CT molecular complexity index is 742. The Balaban J connectivity index is 1.66. The average molecular weight is 396 g/mol. The fraction of sp³-hybridized carbons (Fsp3) is 0.667. The first-order chi connectivity index (χ1) is 13.2. The lowest BCUT2D eigenvalue weighted by molar-refractivity contribution is -0.148. The van der Waals surface area contributed by atoms with Gasteiger partial charge in [-0.25, -0.2) is 0 Å². The van der Waals surface area contributed by atoms with Crippen LogP contribution in [-0.2, 0) is 22.1 Å². The van der Waals surface area contributed by atoms with E-state index in [0.29, 0.717) is 25.1 Å². The second-order valence-electron chi connectivity index (χ2n) is 8.41. The molecule has 0 spiro atoms. The zero-order valence-electron chi connectivity index (χ0n) is 16.3. The van der Waals surface area contributed by atoms with Crippen molar-refractivity contribution in [3.63, 3.8) is 0 Å². The summed E-state index contributed by atoms with van der Waals surface area (Å²) in [7, 11) is 0. The number of morpholine rings is 1. The van der Waals surface area contributed by atoms with Crippen LogP contribution in [0.2, 0.25) is 0 Å². The Morgan fingerprint density at radius 2 is 1.86 bits per heavy atom. The minimum absolute atomic E-state index is 0.0251. The van der Waals surface area contributed by atoms with Crippen LogP contribution in [-0.4, -0.2) is 48.7 Å². The summed E-state index contributed by atoms with van der Waals surface area (Å²) in [6, 6.07) is 4.07. The van der Waals surface area contributed by atoms with E-state index in [-0.39, 0.29) is 30.1 Å². The van der Waals surface area contributed by atoms with Crippen molar-refractivity contribution in [1.82, 2.24) is 4.90 Å². The first-order valence-corrected chi connectivity index (χ1v) is 10.1. The molecule has 0 saturated carbocycles. The van der Waals surface area contributed by atoms with Gasteiger partial charge in [-0.05, 0) is 63.3 Å². The fourth-order valence-electron chi connectivity index (χ4n) is 5.10. The van der Waals surface area contributed by atoms with E-state index in [9.17, 15) is 18.0 Å². The third kappa shape index (κ3) is 3.61. The summed E-state index contributed by atoms with van der Waals surface area (Å²) in [5.74, 6) is -0.240. The van der Waals surface area contributed by atoms with Gasteiger partial charge in [-0.1, -0.05) is 0 Å².